The molecule has 0 aliphatic carbocycles. The maximum atomic E-state index is 12.4. The third-order valence-corrected chi connectivity index (χ3v) is 5.65. The molecule has 1 saturated heterocycles. The van der Waals surface area contributed by atoms with Gasteiger partial charge in [-0.1, -0.05) is 17.8 Å². The highest BCUT2D eigenvalue weighted by molar-refractivity contribution is 7.99. The van der Waals surface area contributed by atoms with Crippen LogP contribution in [0.1, 0.15) is 19.8 Å². The van der Waals surface area contributed by atoms with E-state index < -0.39 is 0 Å². The van der Waals surface area contributed by atoms with Gasteiger partial charge in [-0.3, -0.25) is 14.7 Å². The molecule has 0 bridgehead atoms. The standard InChI is InChI=1S/C16H20N4O3S2/c1-2-23-15(22)11-5-3-7-20(9-11)13(21)10-25-16-17-14(18-19-16)12-6-4-8-24-12/h4,6,8,11H,2-3,5,7,9-10H2,1H3,(H,17,18,19)/t11-/m1/s1. The maximum Gasteiger partial charge on any atom is 0.310 e. The van der Waals surface area contributed by atoms with Crippen molar-refractivity contribution in [1.29, 1.82) is 0 Å². The first-order valence-electron chi connectivity index (χ1n) is 8.21. The number of amides is 1. The number of ether oxygens (including phenoxy) is 1. The molecular formula is C16H20N4O3S2. The van der Waals surface area contributed by atoms with E-state index in [2.05, 4.69) is 15.2 Å². The predicted octanol–water partition coefficient (Wildman–Crippen LogP) is 2.43. The lowest BCUT2D eigenvalue weighted by molar-refractivity contribution is -0.151. The van der Waals surface area contributed by atoms with Crippen LogP contribution in [-0.2, 0) is 14.3 Å². The van der Waals surface area contributed by atoms with E-state index in [-0.39, 0.29) is 23.5 Å². The van der Waals surface area contributed by atoms with Crippen molar-refractivity contribution in [3.8, 4) is 10.7 Å². The van der Waals surface area contributed by atoms with Gasteiger partial charge in [0.25, 0.3) is 0 Å². The molecule has 0 aromatic carbocycles. The molecular weight excluding hydrogens is 360 g/mol. The first kappa shape index (κ1) is 17.9. The fourth-order valence-electron chi connectivity index (χ4n) is 2.71. The Morgan fingerprint density at radius 3 is 3.16 bits per heavy atom. The van der Waals surface area contributed by atoms with Gasteiger partial charge in [-0.25, -0.2) is 4.98 Å². The fraction of sp³-hybridized carbons (Fsp3) is 0.500. The summed E-state index contributed by atoms with van der Waals surface area (Å²) in [6, 6.07) is 3.92. The van der Waals surface area contributed by atoms with Crippen molar-refractivity contribution in [2.75, 3.05) is 25.4 Å². The number of nitrogens with zero attached hydrogens (tertiary/aromatic N) is 3. The number of hydrogen-bond donors (Lipinski definition) is 1. The summed E-state index contributed by atoms with van der Waals surface area (Å²) in [5.74, 6) is 0.558. The molecule has 0 spiro atoms. The molecule has 2 aromatic heterocycles. The zero-order valence-electron chi connectivity index (χ0n) is 13.9. The predicted molar refractivity (Wildman–Crippen MR) is 96.4 cm³/mol. The number of hydrogen-bond acceptors (Lipinski definition) is 7. The van der Waals surface area contributed by atoms with Gasteiger partial charge in [0.2, 0.25) is 11.1 Å². The summed E-state index contributed by atoms with van der Waals surface area (Å²) < 4.78 is 5.07. The molecule has 3 heterocycles. The second kappa shape index (κ2) is 8.48. The molecule has 1 N–H and O–H groups in total. The Labute approximate surface area is 154 Å². The van der Waals surface area contributed by atoms with Crippen LogP contribution in [0.25, 0.3) is 10.7 Å². The minimum Gasteiger partial charge on any atom is -0.466 e. The molecule has 0 radical (unpaired) electrons. The lowest BCUT2D eigenvalue weighted by Gasteiger charge is -2.31. The molecule has 1 fully saturated rings. The van der Waals surface area contributed by atoms with Gasteiger partial charge < -0.3 is 9.64 Å². The number of H-pyrrole nitrogens is 1. The van der Waals surface area contributed by atoms with Gasteiger partial charge in [0.15, 0.2) is 5.82 Å². The summed E-state index contributed by atoms with van der Waals surface area (Å²) in [5.41, 5.74) is 0. The first-order chi connectivity index (χ1) is 12.2. The number of likely N-dealkylation sites (tertiary alicyclic amines) is 1. The monoisotopic (exact) mass is 380 g/mol. The number of esters is 1. The van der Waals surface area contributed by atoms with Crippen LogP contribution in [0.15, 0.2) is 22.7 Å². The molecule has 9 heteroatoms. The number of aromatic amines is 1. The van der Waals surface area contributed by atoms with E-state index in [0.717, 1.165) is 17.7 Å². The third kappa shape index (κ3) is 4.60. The molecule has 0 saturated carbocycles. The molecule has 25 heavy (non-hydrogen) atoms. The van der Waals surface area contributed by atoms with Crippen LogP contribution in [0.2, 0.25) is 0 Å². The Morgan fingerprint density at radius 2 is 2.40 bits per heavy atom. The van der Waals surface area contributed by atoms with Gasteiger partial charge in [-0.2, -0.15) is 0 Å². The second-order valence-electron chi connectivity index (χ2n) is 5.66. The average molecular weight is 380 g/mol. The van der Waals surface area contributed by atoms with Crippen LogP contribution in [0.3, 0.4) is 0 Å². The third-order valence-electron chi connectivity index (χ3n) is 3.94. The van der Waals surface area contributed by atoms with E-state index >= 15 is 0 Å². The zero-order valence-corrected chi connectivity index (χ0v) is 15.6. The second-order valence-corrected chi connectivity index (χ2v) is 7.55. The van der Waals surface area contributed by atoms with Crippen LogP contribution in [0, 0.1) is 5.92 Å². The number of carbonyl (C=O) groups excluding carboxylic acids is 2. The van der Waals surface area contributed by atoms with Crippen LogP contribution in [0.4, 0.5) is 0 Å². The van der Waals surface area contributed by atoms with Gasteiger partial charge >= 0.3 is 5.97 Å². The summed E-state index contributed by atoms with van der Waals surface area (Å²) in [7, 11) is 0. The number of piperidine rings is 1. The van der Waals surface area contributed by atoms with Crippen LogP contribution in [0.5, 0.6) is 0 Å². The normalized spacial score (nSPS) is 17.5. The zero-order chi connectivity index (χ0) is 17.6. The molecule has 2 aromatic rings. The van der Waals surface area contributed by atoms with Gasteiger partial charge in [-0.15, -0.1) is 16.4 Å². The van der Waals surface area contributed by atoms with Crippen molar-refractivity contribution in [1.82, 2.24) is 20.1 Å². The average Bonchev–Trinajstić information content (AvgIpc) is 3.31. The minimum atomic E-state index is -0.211. The fourth-order valence-corrected chi connectivity index (χ4v) is 4.07. The van der Waals surface area contributed by atoms with E-state index in [4.69, 9.17) is 4.74 Å². The topological polar surface area (TPSA) is 88.2 Å². The molecule has 1 atom stereocenters. The summed E-state index contributed by atoms with van der Waals surface area (Å²) >= 11 is 2.89. The van der Waals surface area contributed by atoms with E-state index in [1.165, 1.54) is 11.8 Å². The SMILES string of the molecule is CCOC(=O)[C@@H]1CCCN(C(=O)CSc2n[nH]c(-c3cccs3)n2)C1. The number of nitrogens with one attached hydrogen (secondary N) is 1. The van der Waals surface area contributed by atoms with Crippen molar-refractivity contribution >= 4 is 35.0 Å². The molecule has 134 valence electrons. The van der Waals surface area contributed by atoms with Crippen molar-refractivity contribution in [2.45, 2.75) is 24.9 Å². The van der Waals surface area contributed by atoms with Gasteiger partial charge in [-0.05, 0) is 31.2 Å². The lowest BCUT2D eigenvalue weighted by Crippen LogP contribution is -2.43. The summed E-state index contributed by atoms with van der Waals surface area (Å²) in [5, 5.41) is 9.56. The molecule has 3 rings (SSSR count). The Balaban J connectivity index is 1.51. The highest BCUT2D eigenvalue weighted by Gasteiger charge is 2.29. The molecule has 0 unspecified atom stereocenters. The van der Waals surface area contributed by atoms with E-state index in [1.807, 2.05) is 17.5 Å². The number of carbonyl (C=O) groups is 2. The molecule has 7 nitrogen and oxygen atoms in total. The first-order valence-corrected chi connectivity index (χ1v) is 10.1. The number of aromatic nitrogens is 3. The van der Waals surface area contributed by atoms with Gasteiger partial charge in [0, 0.05) is 13.1 Å². The highest BCUT2D eigenvalue weighted by Crippen LogP contribution is 2.24. The van der Waals surface area contributed by atoms with Crippen LogP contribution >= 0.6 is 23.1 Å². The highest BCUT2D eigenvalue weighted by atomic mass is 32.2. The molecule has 1 amide bonds. The van der Waals surface area contributed by atoms with Crippen molar-refractivity contribution in [3.63, 3.8) is 0 Å². The summed E-state index contributed by atoms with van der Waals surface area (Å²) in [6.07, 6.45) is 1.60. The van der Waals surface area contributed by atoms with Crippen molar-refractivity contribution < 1.29 is 14.3 Å². The Bertz CT molecular complexity index is 717. The van der Waals surface area contributed by atoms with E-state index in [0.29, 0.717) is 30.7 Å². The Hall–Kier alpha value is -1.87. The molecule has 1 aliphatic rings. The number of rotatable bonds is 6. The van der Waals surface area contributed by atoms with Crippen molar-refractivity contribution in [3.05, 3.63) is 17.5 Å². The largest absolute Gasteiger partial charge is 0.466 e. The van der Waals surface area contributed by atoms with Crippen LogP contribution in [-0.4, -0.2) is 57.4 Å². The minimum absolute atomic E-state index is 0.00136. The number of thioether (sulfide) groups is 1. The Kier molecular flexibility index (Phi) is 6.09. The smallest absolute Gasteiger partial charge is 0.310 e. The number of thiophene rings is 1. The maximum absolute atomic E-state index is 12.4. The lowest BCUT2D eigenvalue weighted by atomic mass is 9.98. The summed E-state index contributed by atoms with van der Waals surface area (Å²) in [6.45, 7) is 3.29. The van der Waals surface area contributed by atoms with Crippen LogP contribution < -0.4 is 0 Å². The van der Waals surface area contributed by atoms with E-state index in [9.17, 15) is 9.59 Å². The quantitative estimate of drug-likeness (QED) is 0.612. The Morgan fingerprint density at radius 1 is 1.52 bits per heavy atom. The van der Waals surface area contributed by atoms with Gasteiger partial charge in [0.05, 0.1) is 23.2 Å². The van der Waals surface area contributed by atoms with Crippen molar-refractivity contribution in [2.24, 2.45) is 5.92 Å². The molecule has 1 aliphatic heterocycles. The summed E-state index contributed by atoms with van der Waals surface area (Å²) in [4.78, 5) is 31.4. The van der Waals surface area contributed by atoms with E-state index in [1.54, 1.807) is 23.2 Å². The van der Waals surface area contributed by atoms with Gasteiger partial charge in [0.1, 0.15) is 0 Å².